The van der Waals surface area contributed by atoms with Crippen LogP contribution in [0.15, 0.2) is 46.1 Å². The molecule has 0 radical (unpaired) electrons. The fourth-order valence-electron chi connectivity index (χ4n) is 1.53. The highest BCUT2D eigenvalue weighted by atomic mass is 32.2. The van der Waals surface area contributed by atoms with Crippen molar-refractivity contribution in [3.63, 3.8) is 0 Å². The van der Waals surface area contributed by atoms with Gasteiger partial charge in [0.2, 0.25) is 0 Å². The van der Waals surface area contributed by atoms with Gasteiger partial charge in [-0.1, -0.05) is 12.1 Å². The predicted octanol–water partition coefficient (Wildman–Crippen LogP) is 0.851. The van der Waals surface area contributed by atoms with E-state index in [9.17, 15) is 13.2 Å². The van der Waals surface area contributed by atoms with Crippen LogP contribution >= 0.6 is 0 Å². The molecule has 18 heavy (non-hydrogen) atoms. The fraction of sp³-hybridized carbons (Fsp3) is 0.167. The van der Waals surface area contributed by atoms with Crippen LogP contribution in [0.5, 0.6) is 0 Å². The van der Waals surface area contributed by atoms with E-state index < -0.39 is 9.84 Å². The molecule has 2 aromatic rings. The first-order chi connectivity index (χ1) is 8.38. The van der Waals surface area contributed by atoms with Gasteiger partial charge in [-0.25, -0.2) is 13.1 Å². The molecule has 94 valence electrons. The molecule has 0 aliphatic heterocycles. The van der Waals surface area contributed by atoms with Crippen LogP contribution in [-0.4, -0.2) is 24.5 Å². The summed E-state index contributed by atoms with van der Waals surface area (Å²) in [7, 11) is -1.63. The van der Waals surface area contributed by atoms with E-state index in [1.165, 1.54) is 22.9 Å². The van der Waals surface area contributed by atoms with E-state index in [0.29, 0.717) is 5.69 Å². The number of hydrogen-bond donors (Lipinski definition) is 0. The summed E-state index contributed by atoms with van der Waals surface area (Å²) >= 11 is 0. The van der Waals surface area contributed by atoms with Gasteiger partial charge in [0.05, 0.1) is 10.6 Å². The van der Waals surface area contributed by atoms with Crippen LogP contribution in [0.1, 0.15) is 0 Å². The van der Waals surface area contributed by atoms with Crippen LogP contribution in [0.2, 0.25) is 0 Å². The minimum atomic E-state index is -3.19. The molecule has 0 spiro atoms. The second-order valence-electron chi connectivity index (χ2n) is 3.98. The summed E-state index contributed by atoms with van der Waals surface area (Å²) in [4.78, 5) is 11.5. The van der Waals surface area contributed by atoms with E-state index in [4.69, 9.17) is 0 Å². The van der Waals surface area contributed by atoms with Crippen LogP contribution in [0.25, 0.3) is 11.3 Å². The summed E-state index contributed by atoms with van der Waals surface area (Å²) in [6, 6.07) is 9.42. The lowest BCUT2D eigenvalue weighted by Gasteiger charge is -2.03. The van der Waals surface area contributed by atoms with E-state index in [2.05, 4.69) is 5.10 Å². The van der Waals surface area contributed by atoms with Crippen molar-refractivity contribution >= 4 is 9.84 Å². The van der Waals surface area contributed by atoms with Gasteiger partial charge in [-0.15, -0.1) is 0 Å². The van der Waals surface area contributed by atoms with Crippen LogP contribution in [-0.2, 0) is 16.9 Å². The van der Waals surface area contributed by atoms with Gasteiger partial charge in [0.25, 0.3) is 5.56 Å². The molecule has 0 atom stereocenters. The number of aryl methyl sites for hydroxylation is 1. The van der Waals surface area contributed by atoms with Crippen LogP contribution in [0.4, 0.5) is 0 Å². The first kappa shape index (κ1) is 12.5. The minimum Gasteiger partial charge on any atom is -0.268 e. The Hall–Kier alpha value is -1.95. The average Bonchev–Trinajstić information content (AvgIpc) is 2.32. The molecule has 1 aromatic carbocycles. The molecule has 0 saturated heterocycles. The van der Waals surface area contributed by atoms with E-state index in [0.717, 1.165) is 11.8 Å². The molecule has 0 saturated carbocycles. The Bertz CT molecular complexity index is 731. The third kappa shape index (κ3) is 2.48. The quantitative estimate of drug-likeness (QED) is 0.806. The highest BCUT2D eigenvalue weighted by Gasteiger charge is 2.07. The topological polar surface area (TPSA) is 69.0 Å². The van der Waals surface area contributed by atoms with Crippen molar-refractivity contribution in [1.29, 1.82) is 0 Å². The molecule has 1 heterocycles. The molecule has 0 fully saturated rings. The molecule has 2 rings (SSSR count). The largest absolute Gasteiger partial charge is 0.268 e. The summed E-state index contributed by atoms with van der Waals surface area (Å²) in [5.41, 5.74) is 1.20. The molecule has 0 bridgehead atoms. The third-order valence-electron chi connectivity index (χ3n) is 2.54. The van der Waals surface area contributed by atoms with E-state index in [-0.39, 0.29) is 10.5 Å². The highest BCUT2D eigenvalue weighted by Crippen LogP contribution is 2.18. The fourth-order valence-corrected chi connectivity index (χ4v) is 2.16. The molecule has 6 heteroatoms. The Morgan fingerprint density at radius 2 is 1.67 bits per heavy atom. The van der Waals surface area contributed by atoms with Crippen LogP contribution in [0, 0.1) is 0 Å². The zero-order valence-electron chi connectivity index (χ0n) is 9.99. The van der Waals surface area contributed by atoms with Crippen molar-refractivity contribution in [3.8, 4) is 11.3 Å². The summed E-state index contributed by atoms with van der Waals surface area (Å²) < 4.78 is 23.9. The zero-order chi connectivity index (χ0) is 13.3. The summed E-state index contributed by atoms with van der Waals surface area (Å²) in [5.74, 6) is 0. The van der Waals surface area contributed by atoms with Gasteiger partial charge >= 0.3 is 0 Å². The number of sulfone groups is 1. The maximum atomic E-state index is 11.3. The van der Waals surface area contributed by atoms with Crippen molar-refractivity contribution in [2.24, 2.45) is 7.05 Å². The summed E-state index contributed by atoms with van der Waals surface area (Å²) in [6.07, 6.45) is 1.16. The van der Waals surface area contributed by atoms with E-state index in [1.807, 2.05) is 0 Å². The Balaban J connectivity index is 2.46. The van der Waals surface area contributed by atoms with E-state index in [1.54, 1.807) is 25.2 Å². The van der Waals surface area contributed by atoms with Crippen LogP contribution < -0.4 is 5.56 Å². The molecule has 0 unspecified atom stereocenters. The Labute approximate surface area is 105 Å². The van der Waals surface area contributed by atoms with Gasteiger partial charge in [-0.2, -0.15) is 5.10 Å². The molecular formula is C12H12N2O3S. The van der Waals surface area contributed by atoms with Gasteiger partial charge in [-0.05, 0) is 18.2 Å². The minimum absolute atomic E-state index is 0.188. The maximum Gasteiger partial charge on any atom is 0.266 e. The number of hydrogen-bond acceptors (Lipinski definition) is 4. The van der Waals surface area contributed by atoms with E-state index >= 15 is 0 Å². The number of aromatic nitrogens is 2. The monoisotopic (exact) mass is 264 g/mol. The van der Waals surface area contributed by atoms with Gasteiger partial charge < -0.3 is 0 Å². The Morgan fingerprint density at radius 1 is 1.06 bits per heavy atom. The van der Waals surface area contributed by atoms with Gasteiger partial charge in [0.15, 0.2) is 9.84 Å². The lowest BCUT2D eigenvalue weighted by atomic mass is 10.1. The average molecular weight is 264 g/mol. The predicted molar refractivity (Wildman–Crippen MR) is 68.0 cm³/mol. The first-order valence-corrected chi connectivity index (χ1v) is 7.12. The van der Waals surface area contributed by atoms with Gasteiger partial charge in [0, 0.05) is 24.9 Å². The normalized spacial score (nSPS) is 11.4. The number of benzene rings is 1. The number of rotatable bonds is 2. The second kappa shape index (κ2) is 4.38. The lowest BCUT2D eigenvalue weighted by molar-refractivity contribution is 0.602. The molecule has 0 aliphatic carbocycles. The maximum absolute atomic E-state index is 11.3. The highest BCUT2D eigenvalue weighted by molar-refractivity contribution is 7.90. The van der Waals surface area contributed by atoms with Crippen molar-refractivity contribution in [3.05, 3.63) is 46.8 Å². The second-order valence-corrected chi connectivity index (χ2v) is 5.99. The van der Waals surface area contributed by atoms with Crippen molar-refractivity contribution in [2.45, 2.75) is 4.90 Å². The van der Waals surface area contributed by atoms with Crippen molar-refractivity contribution in [1.82, 2.24) is 9.78 Å². The molecule has 5 nitrogen and oxygen atoms in total. The van der Waals surface area contributed by atoms with Crippen molar-refractivity contribution in [2.75, 3.05) is 6.26 Å². The SMILES string of the molecule is Cn1nc(-c2ccc(S(C)(=O)=O)cc2)ccc1=O. The first-order valence-electron chi connectivity index (χ1n) is 5.23. The standard InChI is InChI=1S/C12H12N2O3S/c1-14-12(15)8-7-11(13-14)9-3-5-10(6-4-9)18(2,16)17/h3-8H,1-2H3. The molecule has 0 amide bonds. The third-order valence-corrected chi connectivity index (χ3v) is 3.67. The van der Waals surface area contributed by atoms with Gasteiger partial charge in [-0.3, -0.25) is 4.79 Å². The lowest BCUT2D eigenvalue weighted by Crippen LogP contribution is -2.18. The Morgan fingerprint density at radius 3 is 2.17 bits per heavy atom. The van der Waals surface area contributed by atoms with Gasteiger partial charge in [0.1, 0.15) is 0 Å². The molecule has 0 N–H and O–H groups in total. The zero-order valence-corrected chi connectivity index (χ0v) is 10.8. The van der Waals surface area contributed by atoms with Crippen LogP contribution in [0.3, 0.4) is 0 Å². The Kier molecular flexibility index (Phi) is 3.04. The van der Waals surface area contributed by atoms with Crippen molar-refractivity contribution < 1.29 is 8.42 Å². The number of nitrogens with zero attached hydrogens (tertiary/aromatic N) is 2. The molecule has 0 aliphatic rings. The molecule has 1 aromatic heterocycles. The summed E-state index contributed by atoms with van der Waals surface area (Å²) in [5, 5.41) is 4.09. The molecular weight excluding hydrogens is 252 g/mol. The smallest absolute Gasteiger partial charge is 0.266 e. The summed E-state index contributed by atoms with van der Waals surface area (Å²) in [6.45, 7) is 0.